The van der Waals surface area contributed by atoms with Gasteiger partial charge in [0.2, 0.25) is 5.76 Å². The van der Waals surface area contributed by atoms with E-state index >= 15 is 0 Å². The van der Waals surface area contributed by atoms with E-state index in [-0.39, 0.29) is 5.76 Å². The second kappa shape index (κ2) is 4.41. The van der Waals surface area contributed by atoms with Crippen molar-refractivity contribution in [2.24, 2.45) is 0 Å². The third-order valence-electron chi connectivity index (χ3n) is 2.13. The lowest BCUT2D eigenvalue weighted by atomic mass is 10.2. The molecule has 82 valence electrons. The molecule has 1 heterocycles. The van der Waals surface area contributed by atoms with Crippen LogP contribution >= 0.6 is 11.6 Å². The van der Waals surface area contributed by atoms with Crippen LogP contribution in [0.25, 0.3) is 11.3 Å². The van der Waals surface area contributed by atoms with E-state index in [1.54, 1.807) is 18.2 Å². The maximum Gasteiger partial charge on any atom is 0.373 e. The summed E-state index contributed by atoms with van der Waals surface area (Å²) in [4.78, 5) is 11.2. The van der Waals surface area contributed by atoms with Crippen molar-refractivity contribution in [3.8, 4) is 11.3 Å². The first-order chi connectivity index (χ1) is 7.72. The Morgan fingerprint density at radius 1 is 1.25 bits per heavy atom. The summed E-state index contributed by atoms with van der Waals surface area (Å²) in [7, 11) is 1.31. The second-order valence-corrected chi connectivity index (χ2v) is 3.54. The minimum absolute atomic E-state index is 0.164. The van der Waals surface area contributed by atoms with Crippen LogP contribution < -0.4 is 0 Å². The molecule has 0 bridgehead atoms. The van der Waals surface area contributed by atoms with Gasteiger partial charge >= 0.3 is 5.97 Å². The summed E-state index contributed by atoms with van der Waals surface area (Å²) in [6.45, 7) is 0. The number of carbonyl (C=O) groups is 1. The first kappa shape index (κ1) is 10.8. The highest BCUT2D eigenvalue weighted by atomic mass is 35.5. The molecule has 0 spiro atoms. The Hall–Kier alpha value is -1.74. The zero-order valence-corrected chi connectivity index (χ0v) is 9.32. The highest BCUT2D eigenvalue weighted by Crippen LogP contribution is 2.29. The standard InChI is InChI=1S/C12H9ClO3/c1-15-12(14)11-7-6-10(16-11)8-4-2-3-5-9(8)13/h2-7H,1H3. The summed E-state index contributed by atoms with van der Waals surface area (Å²) in [5.41, 5.74) is 0.749. The van der Waals surface area contributed by atoms with Gasteiger partial charge in [-0.05, 0) is 24.3 Å². The fourth-order valence-electron chi connectivity index (χ4n) is 1.35. The Morgan fingerprint density at radius 3 is 2.69 bits per heavy atom. The predicted octanol–water partition coefficient (Wildman–Crippen LogP) is 3.39. The molecule has 2 aromatic rings. The summed E-state index contributed by atoms with van der Waals surface area (Å²) in [6, 6.07) is 10.5. The van der Waals surface area contributed by atoms with Gasteiger partial charge < -0.3 is 9.15 Å². The number of ether oxygens (including phenoxy) is 1. The average Bonchev–Trinajstić information content (AvgIpc) is 2.78. The first-order valence-corrected chi connectivity index (χ1v) is 5.03. The lowest BCUT2D eigenvalue weighted by Crippen LogP contribution is -1.98. The Bertz CT molecular complexity index is 516. The summed E-state index contributed by atoms with van der Waals surface area (Å²) in [5, 5.41) is 0.577. The fourth-order valence-corrected chi connectivity index (χ4v) is 1.58. The van der Waals surface area contributed by atoms with Crippen LogP contribution in [0.15, 0.2) is 40.8 Å². The maximum atomic E-state index is 11.2. The lowest BCUT2D eigenvalue weighted by Gasteiger charge is -1.99. The molecule has 1 aromatic carbocycles. The molecule has 4 heteroatoms. The Balaban J connectivity index is 2.39. The summed E-state index contributed by atoms with van der Waals surface area (Å²) in [6.07, 6.45) is 0. The number of hydrogen-bond acceptors (Lipinski definition) is 3. The Labute approximate surface area is 97.6 Å². The van der Waals surface area contributed by atoms with E-state index in [1.165, 1.54) is 7.11 Å². The van der Waals surface area contributed by atoms with Crippen molar-refractivity contribution in [2.45, 2.75) is 0 Å². The molecule has 16 heavy (non-hydrogen) atoms. The molecule has 0 radical (unpaired) electrons. The molecule has 0 N–H and O–H groups in total. The topological polar surface area (TPSA) is 39.4 Å². The molecule has 0 aliphatic rings. The third kappa shape index (κ3) is 1.95. The van der Waals surface area contributed by atoms with Crippen LogP contribution in [0.3, 0.4) is 0 Å². The molecule has 0 saturated carbocycles. The average molecular weight is 237 g/mol. The molecular weight excluding hydrogens is 228 g/mol. The number of benzene rings is 1. The highest BCUT2D eigenvalue weighted by molar-refractivity contribution is 6.33. The van der Waals surface area contributed by atoms with Crippen molar-refractivity contribution in [1.82, 2.24) is 0 Å². The summed E-state index contributed by atoms with van der Waals surface area (Å²) in [5.74, 6) is 0.210. The van der Waals surface area contributed by atoms with Crippen LogP contribution in [-0.4, -0.2) is 13.1 Å². The van der Waals surface area contributed by atoms with Gasteiger partial charge in [0.05, 0.1) is 12.1 Å². The number of rotatable bonds is 2. The Kier molecular flexibility index (Phi) is 2.97. The minimum atomic E-state index is -0.502. The van der Waals surface area contributed by atoms with Crippen LogP contribution in [0.1, 0.15) is 10.6 Å². The van der Waals surface area contributed by atoms with Gasteiger partial charge in [-0.1, -0.05) is 23.7 Å². The number of methoxy groups -OCH3 is 1. The van der Waals surface area contributed by atoms with Gasteiger partial charge in [-0.25, -0.2) is 4.79 Å². The molecule has 0 aliphatic heterocycles. The smallest absolute Gasteiger partial charge is 0.373 e. The van der Waals surface area contributed by atoms with Crippen molar-refractivity contribution in [2.75, 3.05) is 7.11 Å². The van der Waals surface area contributed by atoms with Gasteiger partial charge in [0.25, 0.3) is 0 Å². The van der Waals surface area contributed by atoms with Crippen LogP contribution in [0.5, 0.6) is 0 Å². The van der Waals surface area contributed by atoms with Gasteiger partial charge in [0.1, 0.15) is 5.76 Å². The number of halogens is 1. The van der Waals surface area contributed by atoms with Crippen LogP contribution in [0.4, 0.5) is 0 Å². The van der Waals surface area contributed by atoms with Crippen molar-refractivity contribution in [1.29, 1.82) is 0 Å². The number of hydrogen-bond donors (Lipinski definition) is 0. The van der Waals surface area contributed by atoms with Gasteiger partial charge in [-0.15, -0.1) is 0 Å². The highest BCUT2D eigenvalue weighted by Gasteiger charge is 2.13. The fraction of sp³-hybridized carbons (Fsp3) is 0.0833. The van der Waals surface area contributed by atoms with Gasteiger partial charge in [-0.2, -0.15) is 0 Å². The van der Waals surface area contributed by atoms with E-state index in [0.717, 1.165) is 5.56 Å². The maximum absolute atomic E-state index is 11.2. The van der Waals surface area contributed by atoms with Crippen molar-refractivity contribution >= 4 is 17.6 Å². The van der Waals surface area contributed by atoms with Gasteiger partial charge in [0, 0.05) is 5.56 Å². The van der Waals surface area contributed by atoms with Crippen LogP contribution in [0, 0.1) is 0 Å². The van der Waals surface area contributed by atoms with Gasteiger partial charge in [-0.3, -0.25) is 0 Å². The molecule has 1 aromatic heterocycles. The number of carbonyl (C=O) groups excluding carboxylic acids is 1. The molecule has 3 nitrogen and oxygen atoms in total. The van der Waals surface area contributed by atoms with E-state index in [2.05, 4.69) is 4.74 Å². The number of esters is 1. The molecule has 0 saturated heterocycles. The largest absolute Gasteiger partial charge is 0.463 e. The second-order valence-electron chi connectivity index (χ2n) is 3.14. The molecule has 0 fully saturated rings. The van der Waals surface area contributed by atoms with E-state index in [9.17, 15) is 4.79 Å². The first-order valence-electron chi connectivity index (χ1n) is 4.65. The van der Waals surface area contributed by atoms with E-state index < -0.39 is 5.97 Å². The molecule has 2 rings (SSSR count). The van der Waals surface area contributed by atoms with Gasteiger partial charge in [0.15, 0.2) is 0 Å². The van der Waals surface area contributed by atoms with Crippen molar-refractivity contribution < 1.29 is 13.9 Å². The third-order valence-corrected chi connectivity index (χ3v) is 2.46. The quantitative estimate of drug-likeness (QED) is 0.751. The monoisotopic (exact) mass is 236 g/mol. The molecule has 0 unspecified atom stereocenters. The van der Waals surface area contributed by atoms with E-state index in [4.69, 9.17) is 16.0 Å². The van der Waals surface area contributed by atoms with E-state index in [0.29, 0.717) is 10.8 Å². The Morgan fingerprint density at radius 2 is 2.00 bits per heavy atom. The summed E-state index contributed by atoms with van der Waals surface area (Å²) >= 11 is 6.01. The SMILES string of the molecule is COC(=O)c1ccc(-c2ccccc2Cl)o1. The minimum Gasteiger partial charge on any atom is -0.463 e. The molecule has 0 aliphatic carbocycles. The van der Waals surface area contributed by atoms with Crippen LogP contribution in [-0.2, 0) is 4.74 Å². The normalized spacial score (nSPS) is 10.1. The number of furan rings is 1. The zero-order chi connectivity index (χ0) is 11.5. The molecule has 0 atom stereocenters. The molecule has 0 amide bonds. The van der Waals surface area contributed by atoms with E-state index in [1.807, 2.05) is 18.2 Å². The van der Waals surface area contributed by atoms with Crippen LogP contribution in [0.2, 0.25) is 5.02 Å². The zero-order valence-electron chi connectivity index (χ0n) is 8.57. The predicted molar refractivity (Wildman–Crippen MR) is 60.5 cm³/mol. The lowest BCUT2D eigenvalue weighted by molar-refractivity contribution is 0.0566. The van der Waals surface area contributed by atoms with Crippen molar-refractivity contribution in [3.63, 3.8) is 0 Å². The molecular formula is C12H9ClO3. The van der Waals surface area contributed by atoms with Crippen molar-refractivity contribution in [3.05, 3.63) is 47.2 Å². The summed E-state index contributed by atoms with van der Waals surface area (Å²) < 4.78 is 9.89.